The van der Waals surface area contributed by atoms with Crippen LogP contribution in [0.25, 0.3) is 10.9 Å². The molecule has 2 rings (SSSR count). The average molecular weight is 303 g/mol. The maximum absolute atomic E-state index is 12.4. The van der Waals surface area contributed by atoms with Gasteiger partial charge < -0.3 is 20.8 Å². The fraction of sp³-hybridized carbons (Fsp3) is 0.267. The Morgan fingerprint density at radius 1 is 1.41 bits per heavy atom. The Hall–Kier alpha value is -2.67. The smallest absolute Gasteiger partial charge is 0.343 e. The zero-order chi connectivity index (χ0) is 16.3. The van der Waals surface area contributed by atoms with E-state index < -0.39 is 17.4 Å². The zero-order valence-corrected chi connectivity index (χ0v) is 12.3. The fourth-order valence-corrected chi connectivity index (χ4v) is 1.91. The van der Waals surface area contributed by atoms with Crippen molar-refractivity contribution in [2.45, 2.75) is 19.9 Å². The van der Waals surface area contributed by atoms with Crippen LogP contribution in [0.15, 0.2) is 29.2 Å². The molecular weight excluding hydrogens is 286 g/mol. The fourth-order valence-electron chi connectivity index (χ4n) is 1.91. The SMILES string of the molecule is CCOC(=O)c1c[nH]c2ccc(NC(=O)C(C)N)cc2c1=O. The number of benzene rings is 1. The van der Waals surface area contributed by atoms with E-state index in [1.807, 2.05) is 0 Å². The highest BCUT2D eigenvalue weighted by atomic mass is 16.5. The molecule has 1 atom stereocenters. The van der Waals surface area contributed by atoms with Crippen molar-refractivity contribution in [3.63, 3.8) is 0 Å². The largest absolute Gasteiger partial charge is 0.462 e. The molecule has 0 saturated heterocycles. The van der Waals surface area contributed by atoms with Crippen LogP contribution in [-0.2, 0) is 9.53 Å². The Morgan fingerprint density at radius 3 is 2.77 bits per heavy atom. The first kappa shape index (κ1) is 15.7. The number of carbonyl (C=O) groups is 2. The number of carbonyl (C=O) groups excluding carboxylic acids is 2. The first-order valence-corrected chi connectivity index (χ1v) is 6.83. The number of hydrogen-bond acceptors (Lipinski definition) is 5. The molecule has 1 aromatic heterocycles. The van der Waals surface area contributed by atoms with Crippen molar-refractivity contribution in [3.8, 4) is 0 Å². The molecule has 0 radical (unpaired) electrons. The molecule has 22 heavy (non-hydrogen) atoms. The lowest BCUT2D eigenvalue weighted by molar-refractivity contribution is -0.117. The summed E-state index contributed by atoms with van der Waals surface area (Å²) in [4.78, 5) is 38.6. The van der Waals surface area contributed by atoms with E-state index >= 15 is 0 Å². The van der Waals surface area contributed by atoms with Crippen LogP contribution in [0, 0.1) is 0 Å². The molecule has 0 bridgehead atoms. The predicted octanol–water partition coefficient (Wildman–Crippen LogP) is 0.990. The lowest BCUT2D eigenvalue weighted by atomic mass is 10.1. The summed E-state index contributed by atoms with van der Waals surface area (Å²) in [5.74, 6) is -1.05. The molecule has 1 heterocycles. The molecule has 0 aliphatic rings. The van der Waals surface area contributed by atoms with Gasteiger partial charge in [0.2, 0.25) is 11.3 Å². The van der Waals surface area contributed by atoms with E-state index in [4.69, 9.17) is 10.5 Å². The maximum atomic E-state index is 12.4. The van der Waals surface area contributed by atoms with E-state index in [9.17, 15) is 14.4 Å². The van der Waals surface area contributed by atoms with Crippen molar-refractivity contribution in [2.24, 2.45) is 5.73 Å². The molecule has 0 fully saturated rings. The Morgan fingerprint density at radius 2 is 2.14 bits per heavy atom. The summed E-state index contributed by atoms with van der Waals surface area (Å²) in [5, 5.41) is 2.89. The second-order valence-electron chi connectivity index (χ2n) is 4.79. The van der Waals surface area contributed by atoms with Crippen LogP contribution in [-0.4, -0.2) is 29.5 Å². The van der Waals surface area contributed by atoms with Crippen LogP contribution in [0.1, 0.15) is 24.2 Å². The van der Waals surface area contributed by atoms with Crippen LogP contribution in [0.2, 0.25) is 0 Å². The first-order valence-electron chi connectivity index (χ1n) is 6.83. The molecule has 0 spiro atoms. The van der Waals surface area contributed by atoms with Gasteiger partial charge in [0.15, 0.2) is 0 Å². The van der Waals surface area contributed by atoms with Crippen molar-refractivity contribution < 1.29 is 14.3 Å². The molecule has 2 aromatic rings. The number of rotatable bonds is 4. The highest BCUT2D eigenvalue weighted by Crippen LogP contribution is 2.15. The third-order valence-corrected chi connectivity index (χ3v) is 3.06. The molecular formula is C15H17N3O4. The number of pyridine rings is 1. The van der Waals surface area contributed by atoms with Crippen molar-refractivity contribution in [1.82, 2.24) is 4.98 Å². The minimum absolute atomic E-state index is 0.0787. The normalized spacial score (nSPS) is 12.0. The summed E-state index contributed by atoms with van der Waals surface area (Å²) < 4.78 is 4.84. The van der Waals surface area contributed by atoms with Crippen LogP contribution >= 0.6 is 0 Å². The first-order chi connectivity index (χ1) is 10.4. The number of anilines is 1. The number of nitrogens with one attached hydrogen (secondary N) is 2. The summed E-state index contributed by atoms with van der Waals surface area (Å²) in [5.41, 5.74) is 5.93. The van der Waals surface area contributed by atoms with Gasteiger partial charge in [-0.05, 0) is 32.0 Å². The quantitative estimate of drug-likeness (QED) is 0.729. The number of ether oxygens (including phenoxy) is 1. The highest BCUT2D eigenvalue weighted by molar-refractivity contribution is 5.98. The van der Waals surface area contributed by atoms with Gasteiger partial charge in [0, 0.05) is 22.8 Å². The van der Waals surface area contributed by atoms with Gasteiger partial charge in [-0.1, -0.05) is 0 Å². The lowest BCUT2D eigenvalue weighted by Gasteiger charge is -2.09. The molecule has 7 heteroatoms. The number of fused-ring (bicyclic) bond motifs is 1. The van der Waals surface area contributed by atoms with Gasteiger partial charge in [-0.15, -0.1) is 0 Å². The summed E-state index contributed by atoms with van der Waals surface area (Å²) in [7, 11) is 0. The molecule has 0 aliphatic carbocycles. The van der Waals surface area contributed by atoms with Crippen LogP contribution < -0.4 is 16.5 Å². The molecule has 1 amide bonds. The number of aromatic nitrogens is 1. The zero-order valence-electron chi connectivity index (χ0n) is 12.3. The van der Waals surface area contributed by atoms with Crippen molar-refractivity contribution in [2.75, 3.05) is 11.9 Å². The Bertz CT molecular complexity index is 780. The highest BCUT2D eigenvalue weighted by Gasteiger charge is 2.15. The molecule has 0 saturated carbocycles. The number of nitrogens with two attached hydrogens (primary N) is 1. The Balaban J connectivity index is 2.46. The van der Waals surface area contributed by atoms with Gasteiger partial charge in [0.1, 0.15) is 5.56 Å². The predicted molar refractivity (Wildman–Crippen MR) is 82.8 cm³/mol. The summed E-state index contributed by atoms with van der Waals surface area (Å²) in [6.45, 7) is 3.40. The number of H-pyrrole nitrogens is 1. The molecule has 1 unspecified atom stereocenters. The van der Waals surface area contributed by atoms with E-state index in [0.717, 1.165) is 0 Å². The second kappa shape index (κ2) is 6.40. The Labute approximate surface area is 126 Å². The summed E-state index contributed by atoms with van der Waals surface area (Å²) in [6.07, 6.45) is 1.32. The van der Waals surface area contributed by atoms with Gasteiger partial charge in [-0.2, -0.15) is 0 Å². The molecule has 7 nitrogen and oxygen atoms in total. The molecule has 4 N–H and O–H groups in total. The van der Waals surface area contributed by atoms with E-state index in [1.165, 1.54) is 12.3 Å². The van der Waals surface area contributed by atoms with Crippen LogP contribution in [0.3, 0.4) is 0 Å². The summed E-state index contributed by atoms with van der Waals surface area (Å²) in [6, 6.07) is 4.11. The van der Waals surface area contributed by atoms with E-state index in [0.29, 0.717) is 11.2 Å². The van der Waals surface area contributed by atoms with Crippen molar-refractivity contribution in [1.29, 1.82) is 0 Å². The molecule has 1 aromatic carbocycles. The van der Waals surface area contributed by atoms with Crippen LogP contribution in [0.5, 0.6) is 0 Å². The second-order valence-corrected chi connectivity index (χ2v) is 4.79. The van der Waals surface area contributed by atoms with Gasteiger partial charge in [-0.25, -0.2) is 4.79 Å². The minimum Gasteiger partial charge on any atom is -0.462 e. The monoisotopic (exact) mass is 303 g/mol. The van der Waals surface area contributed by atoms with Gasteiger partial charge in [0.05, 0.1) is 12.6 Å². The lowest BCUT2D eigenvalue weighted by Crippen LogP contribution is -2.32. The van der Waals surface area contributed by atoms with Crippen molar-refractivity contribution in [3.05, 3.63) is 40.2 Å². The topological polar surface area (TPSA) is 114 Å². The number of esters is 1. The third kappa shape index (κ3) is 3.15. The van der Waals surface area contributed by atoms with Crippen LogP contribution in [0.4, 0.5) is 5.69 Å². The molecule has 0 aliphatic heterocycles. The van der Waals surface area contributed by atoms with E-state index in [1.54, 1.807) is 26.0 Å². The Kier molecular flexibility index (Phi) is 4.57. The minimum atomic E-state index is -0.685. The number of aromatic amines is 1. The number of hydrogen-bond donors (Lipinski definition) is 3. The molecule has 116 valence electrons. The number of amides is 1. The average Bonchev–Trinajstić information content (AvgIpc) is 2.48. The van der Waals surface area contributed by atoms with E-state index in [2.05, 4.69) is 10.3 Å². The maximum Gasteiger partial charge on any atom is 0.343 e. The van der Waals surface area contributed by atoms with Crippen molar-refractivity contribution >= 4 is 28.5 Å². The van der Waals surface area contributed by atoms with E-state index in [-0.39, 0.29) is 23.5 Å². The summed E-state index contributed by atoms with van der Waals surface area (Å²) >= 11 is 0. The van der Waals surface area contributed by atoms with Gasteiger partial charge in [0.25, 0.3) is 0 Å². The van der Waals surface area contributed by atoms with Gasteiger partial charge in [-0.3, -0.25) is 9.59 Å². The third-order valence-electron chi connectivity index (χ3n) is 3.06. The standard InChI is InChI=1S/C15H17N3O4/c1-3-22-15(21)11-7-17-12-5-4-9(6-10(12)13(11)19)18-14(20)8(2)16/h4-8H,3,16H2,1-2H3,(H,17,19)(H,18,20). The van der Waals surface area contributed by atoms with Gasteiger partial charge >= 0.3 is 5.97 Å².